The number of nitriles is 1. The van der Waals surface area contributed by atoms with Gasteiger partial charge in [0.25, 0.3) is 0 Å². The Hall–Kier alpha value is -2.30. The smallest absolute Gasteiger partial charge is 0.321 e. The number of hydrogen-bond donors (Lipinski definition) is 1. The molecule has 36 heavy (non-hydrogen) atoms. The number of rotatable bonds is 8. The molecule has 2 aliphatic heterocycles. The van der Waals surface area contributed by atoms with Crippen molar-refractivity contribution in [3.8, 4) is 11.8 Å². The summed E-state index contributed by atoms with van der Waals surface area (Å²) >= 11 is 12.4. The van der Waals surface area contributed by atoms with Crippen molar-refractivity contribution in [2.75, 3.05) is 32.7 Å². The average molecular weight is 530 g/mol. The third-order valence-electron chi connectivity index (χ3n) is 7.49. The third kappa shape index (κ3) is 6.72. The highest BCUT2D eigenvalue weighted by molar-refractivity contribution is 6.42. The van der Waals surface area contributed by atoms with E-state index in [2.05, 4.69) is 15.9 Å². The first-order valence-corrected chi connectivity index (χ1v) is 13.4. The Morgan fingerprint density at radius 2 is 1.86 bits per heavy atom. The lowest BCUT2D eigenvalue weighted by Crippen LogP contribution is -2.48. The molecule has 0 bridgehead atoms. The van der Waals surface area contributed by atoms with Crippen LogP contribution in [0.5, 0.6) is 5.75 Å². The van der Waals surface area contributed by atoms with Gasteiger partial charge in [-0.05, 0) is 87.9 Å². The first-order chi connectivity index (χ1) is 17.3. The van der Waals surface area contributed by atoms with Crippen LogP contribution in [0, 0.1) is 24.2 Å². The molecule has 2 saturated heterocycles. The molecule has 2 fully saturated rings. The van der Waals surface area contributed by atoms with E-state index in [1.807, 2.05) is 25.1 Å². The average Bonchev–Trinajstić information content (AvgIpc) is 2.89. The van der Waals surface area contributed by atoms with Gasteiger partial charge in [-0.1, -0.05) is 35.3 Å². The summed E-state index contributed by atoms with van der Waals surface area (Å²) in [5.74, 6) is 0.588. The molecule has 6 nitrogen and oxygen atoms in total. The summed E-state index contributed by atoms with van der Waals surface area (Å²) in [7, 11) is 0. The van der Waals surface area contributed by atoms with Crippen LogP contribution in [0.2, 0.25) is 10.0 Å². The van der Waals surface area contributed by atoms with Gasteiger partial charge in [-0.25, -0.2) is 0 Å². The molecule has 0 radical (unpaired) electrons. The lowest BCUT2D eigenvalue weighted by Gasteiger charge is -2.39. The second-order valence-electron chi connectivity index (χ2n) is 9.95. The summed E-state index contributed by atoms with van der Waals surface area (Å²) in [4.78, 5) is 16.6. The molecule has 0 aliphatic carbocycles. The van der Waals surface area contributed by atoms with E-state index in [4.69, 9.17) is 33.2 Å². The monoisotopic (exact) mass is 529 g/mol. The number of carboxylic acid groups (broad SMARTS) is 1. The first kappa shape index (κ1) is 26.8. The molecule has 192 valence electrons. The molecule has 1 atom stereocenters. The van der Waals surface area contributed by atoms with Crippen molar-refractivity contribution in [1.82, 2.24) is 9.80 Å². The summed E-state index contributed by atoms with van der Waals surface area (Å²) < 4.78 is 6.24. The highest BCUT2D eigenvalue weighted by atomic mass is 35.5. The molecule has 0 amide bonds. The van der Waals surface area contributed by atoms with E-state index in [1.165, 1.54) is 0 Å². The summed E-state index contributed by atoms with van der Waals surface area (Å²) in [6, 6.07) is 12.5. The topological polar surface area (TPSA) is 76.8 Å². The third-order valence-corrected chi connectivity index (χ3v) is 8.39. The maximum Gasteiger partial charge on any atom is 0.321 e. The number of ether oxygens (including phenoxy) is 1. The molecule has 0 aromatic heterocycles. The van der Waals surface area contributed by atoms with Crippen molar-refractivity contribution in [3.63, 3.8) is 0 Å². The molecule has 0 unspecified atom stereocenters. The number of nitrogens with zero attached hydrogens (tertiary/aromatic N) is 3. The highest BCUT2D eigenvalue weighted by Gasteiger charge is 2.31. The fraction of sp³-hybridized carbons (Fsp3) is 0.500. The summed E-state index contributed by atoms with van der Waals surface area (Å²) in [5.41, 5.74) is 2.34. The van der Waals surface area contributed by atoms with Crippen LogP contribution in [0.15, 0.2) is 36.4 Å². The van der Waals surface area contributed by atoms with Crippen LogP contribution in [0.3, 0.4) is 0 Å². The van der Waals surface area contributed by atoms with E-state index < -0.39 is 12.0 Å². The molecular weight excluding hydrogens is 497 g/mol. The highest BCUT2D eigenvalue weighted by Crippen LogP contribution is 2.33. The molecular formula is C28H33Cl2N3O3. The van der Waals surface area contributed by atoms with Crippen molar-refractivity contribution in [3.05, 3.63) is 63.1 Å². The Bertz CT molecular complexity index is 1100. The predicted octanol–water partition coefficient (Wildman–Crippen LogP) is 5.42. The van der Waals surface area contributed by atoms with Crippen LogP contribution in [0.25, 0.3) is 0 Å². The number of carbonyl (C=O) groups is 1. The van der Waals surface area contributed by atoms with E-state index in [0.29, 0.717) is 27.9 Å². The molecule has 4 rings (SSSR count). The van der Waals surface area contributed by atoms with Crippen LogP contribution in [-0.4, -0.2) is 65.7 Å². The zero-order valence-electron chi connectivity index (χ0n) is 20.6. The quantitative estimate of drug-likeness (QED) is 0.491. The Morgan fingerprint density at radius 1 is 1.14 bits per heavy atom. The number of hydrogen-bond acceptors (Lipinski definition) is 5. The van der Waals surface area contributed by atoms with Gasteiger partial charge in [0.1, 0.15) is 17.9 Å². The predicted molar refractivity (Wildman–Crippen MR) is 142 cm³/mol. The van der Waals surface area contributed by atoms with Gasteiger partial charge in [-0.15, -0.1) is 0 Å². The van der Waals surface area contributed by atoms with E-state index in [0.717, 1.165) is 75.3 Å². The largest absolute Gasteiger partial charge is 0.490 e. The molecule has 0 saturated carbocycles. The summed E-state index contributed by atoms with van der Waals surface area (Å²) in [6.45, 7) is 6.56. The molecule has 8 heteroatoms. The molecule has 0 spiro atoms. The Balaban J connectivity index is 1.23. The second-order valence-corrected chi connectivity index (χ2v) is 10.7. The van der Waals surface area contributed by atoms with E-state index in [-0.39, 0.29) is 6.10 Å². The van der Waals surface area contributed by atoms with Crippen LogP contribution in [-0.2, 0) is 11.2 Å². The van der Waals surface area contributed by atoms with Crippen molar-refractivity contribution in [2.45, 2.75) is 51.2 Å². The van der Waals surface area contributed by atoms with Gasteiger partial charge in [0, 0.05) is 25.2 Å². The van der Waals surface area contributed by atoms with Crippen LogP contribution in [0.1, 0.15) is 42.4 Å². The Kier molecular flexibility index (Phi) is 9.14. The molecule has 1 N–H and O–H groups in total. The van der Waals surface area contributed by atoms with E-state index >= 15 is 0 Å². The number of likely N-dealkylation sites (tertiary alicyclic amines) is 2. The molecule has 2 aliphatic rings. The van der Waals surface area contributed by atoms with Crippen LogP contribution in [0.4, 0.5) is 0 Å². The van der Waals surface area contributed by atoms with Gasteiger partial charge in [0.15, 0.2) is 0 Å². The minimum Gasteiger partial charge on any atom is -0.490 e. The Morgan fingerprint density at radius 3 is 2.53 bits per heavy atom. The van der Waals surface area contributed by atoms with Gasteiger partial charge in [-0.3, -0.25) is 9.69 Å². The zero-order chi connectivity index (χ0) is 25.7. The first-order valence-electron chi connectivity index (χ1n) is 12.6. The fourth-order valence-corrected chi connectivity index (χ4v) is 5.69. The summed E-state index contributed by atoms with van der Waals surface area (Å²) in [6.07, 6.45) is 4.54. The van der Waals surface area contributed by atoms with Gasteiger partial charge >= 0.3 is 5.97 Å². The minimum absolute atomic E-state index is 0.176. The van der Waals surface area contributed by atoms with E-state index in [9.17, 15) is 9.90 Å². The van der Waals surface area contributed by atoms with E-state index in [1.54, 1.807) is 18.2 Å². The van der Waals surface area contributed by atoms with Crippen LogP contribution >= 0.6 is 23.2 Å². The maximum absolute atomic E-state index is 12.0. The lowest BCUT2D eigenvalue weighted by molar-refractivity contribution is -0.144. The number of carboxylic acids is 1. The van der Waals surface area contributed by atoms with Crippen molar-refractivity contribution < 1.29 is 14.6 Å². The Labute approximate surface area is 223 Å². The molecule has 2 aromatic rings. The van der Waals surface area contributed by atoms with Crippen molar-refractivity contribution >= 4 is 29.2 Å². The standard InChI is InChI=1S/C28H33Cl2N3O3/c1-19-26(6-5-24(29)27(19)30)36-23-9-11-32(12-10-23)18-20-7-13-33(14-8-20)25(28(34)35)16-21-3-2-4-22(15-21)17-31/h2-6,15,20,23,25H,7-14,16,18H2,1H3,(H,34,35)/t25-/m0/s1. The zero-order valence-corrected chi connectivity index (χ0v) is 22.1. The normalized spacial score (nSPS) is 19.1. The van der Waals surface area contributed by atoms with Crippen molar-refractivity contribution in [1.29, 1.82) is 5.26 Å². The molecule has 2 aromatic carbocycles. The molecule has 2 heterocycles. The SMILES string of the molecule is Cc1c(OC2CCN(CC3CCN([C@@H](Cc4cccc(C#N)c4)C(=O)O)CC3)CC2)ccc(Cl)c1Cl. The minimum atomic E-state index is -0.796. The summed E-state index contributed by atoms with van der Waals surface area (Å²) in [5, 5.41) is 20.1. The lowest BCUT2D eigenvalue weighted by atomic mass is 9.93. The second kappa shape index (κ2) is 12.3. The van der Waals surface area contributed by atoms with Gasteiger partial charge < -0.3 is 14.7 Å². The maximum atomic E-state index is 12.0. The number of benzene rings is 2. The van der Waals surface area contributed by atoms with Gasteiger partial charge in [0.05, 0.1) is 21.7 Å². The fourth-order valence-electron chi connectivity index (χ4n) is 5.33. The van der Waals surface area contributed by atoms with Gasteiger partial charge in [0.2, 0.25) is 0 Å². The van der Waals surface area contributed by atoms with Crippen LogP contribution < -0.4 is 4.74 Å². The van der Waals surface area contributed by atoms with Crippen molar-refractivity contribution in [2.24, 2.45) is 5.92 Å². The number of aliphatic carboxylic acids is 1. The number of halogens is 2. The number of piperidine rings is 2. The van der Waals surface area contributed by atoms with Gasteiger partial charge in [-0.2, -0.15) is 5.26 Å².